The molecule has 176 valence electrons. The molecule has 9 nitrogen and oxygen atoms in total. The standard InChI is InChI=1S/C23H20ClN3O6S/c1-32-19-12-20(33-2)18(11-17(19)24)26-23(31)27(34)14-9-7-13(8-10-14)25-21(28)15-5-3-4-6-16(15)22(29)30/h3-12,34H,1-2H3,(H,25,28)(H,26,31)(H,29,30). The van der Waals surface area contributed by atoms with E-state index in [1.807, 2.05) is 0 Å². The molecule has 0 unspecified atom stereocenters. The van der Waals surface area contributed by atoms with Gasteiger partial charge in [0.1, 0.15) is 11.5 Å². The third-order valence-electron chi connectivity index (χ3n) is 4.68. The van der Waals surface area contributed by atoms with E-state index in [9.17, 15) is 19.5 Å². The number of hydrogen-bond acceptors (Lipinski definition) is 6. The quantitative estimate of drug-likeness (QED) is 0.331. The van der Waals surface area contributed by atoms with Crippen LogP contribution in [0, 0.1) is 0 Å². The van der Waals surface area contributed by atoms with Crippen molar-refractivity contribution in [3.63, 3.8) is 0 Å². The molecule has 0 spiro atoms. The average molecular weight is 502 g/mol. The maximum Gasteiger partial charge on any atom is 0.336 e. The number of anilines is 3. The van der Waals surface area contributed by atoms with Crippen molar-refractivity contribution in [3.8, 4) is 11.5 Å². The first-order valence-corrected chi connectivity index (χ1v) is 10.5. The monoisotopic (exact) mass is 501 g/mol. The number of carbonyl (C=O) groups is 3. The molecule has 0 aromatic heterocycles. The first-order valence-electron chi connectivity index (χ1n) is 9.70. The zero-order valence-electron chi connectivity index (χ0n) is 18.0. The summed E-state index contributed by atoms with van der Waals surface area (Å²) in [5.74, 6) is -1.04. The number of halogens is 1. The van der Waals surface area contributed by atoms with Gasteiger partial charge in [-0.3, -0.25) is 4.79 Å². The summed E-state index contributed by atoms with van der Waals surface area (Å²) in [7, 11) is 2.91. The van der Waals surface area contributed by atoms with E-state index in [-0.39, 0.29) is 16.1 Å². The molecule has 0 aliphatic heterocycles. The Hall–Kier alpha value is -3.89. The predicted molar refractivity (Wildman–Crippen MR) is 133 cm³/mol. The number of thiol groups is 1. The maximum atomic E-state index is 12.7. The van der Waals surface area contributed by atoms with Gasteiger partial charge in [-0.25, -0.2) is 13.9 Å². The van der Waals surface area contributed by atoms with Gasteiger partial charge in [0, 0.05) is 11.8 Å². The Morgan fingerprint density at radius 3 is 2.12 bits per heavy atom. The first kappa shape index (κ1) is 24.7. The fourth-order valence-electron chi connectivity index (χ4n) is 3.00. The van der Waals surface area contributed by atoms with E-state index in [0.29, 0.717) is 28.6 Å². The number of rotatable bonds is 7. The highest BCUT2D eigenvalue weighted by molar-refractivity contribution is 7.82. The Balaban J connectivity index is 1.71. The normalized spacial score (nSPS) is 10.2. The number of hydrogen-bond donors (Lipinski definition) is 4. The molecule has 0 atom stereocenters. The van der Waals surface area contributed by atoms with Crippen LogP contribution >= 0.6 is 24.4 Å². The van der Waals surface area contributed by atoms with E-state index in [4.69, 9.17) is 21.1 Å². The minimum atomic E-state index is -1.20. The lowest BCUT2D eigenvalue weighted by molar-refractivity contribution is 0.0692. The van der Waals surface area contributed by atoms with E-state index < -0.39 is 17.9 Å². The Kier molecular flexibility index (Phi) is 7.87. The number of nitrogens with zero attached hydrogens (tertiary/aromatic N) is 1. The average Bonchev–Trinajstić information content (AvgIpc) is 2.84. The van der Waals surface area contributed by atoms with E-state index in [1.165, 1.54) is 38.5 Å². The smallest absolute Gasteiger partial charge is 0.336 e. The Bertz CT molecular complexity index is 1240. The third kappa shape index (κ3) is 5.53. The lowest BCUT2D eigenvalue weighted by atomic mass is 10.1. The fraction of sp³-hybridized carbons (Fsp3) is 0.0870. The lowest BCUT2D eigenvalue weighted by Crippen LogP contribution is -2.27. The summed E-state index contributed by atoms with van der Waals surface area (Å²) in [6.07, 6.45) is 0. The molecule has 0 heterocycles. The molecule has 3 aromatic carbocycles. The van der Waals surface area contributed by atoms with Gasteiger partial charge in [0.05, 0.1) is 41.7 Å². The zero-order valence-corrected chi connectivity index (χ0v) is 19.7. The van der Waals surface area contributed by atoms with Gasteiger partial charge in [-0.1, -0.05) is 36.5 Å². The number of carboxylic acid groups (broad SMARTS) is 1. The van der Waals surface area contributed by atoms with Crippen molar-refractivity contribution >= 4 is 59.4 Å². The van der Waals surface area contributed by atoms with Crippen LogP contribution in [-0.4, -0.2) is 37.2 Å². The number of carboxylic acids is 1. The van der Waals surface area contributed by atoms with Crippen molar-refractivity contribution in [2.45, 2.75) is 0 Å². The molecular formula is C23H20ClN3O6S. The van der Waals surface area contributed by atoms with Crippen molar-refractivity contribution < 1.29 is 29.0 Å². The molecular weight excluding hydrogens is 482 g/mol. The van der Waals surface area contributed by atoms with Crippen molar-refractivity contribution in [1.82, 2.24) is 0 Å². The summed E-state index contributed by atoms with van der Waals surface area (Å²) in [5, 5.41) is 14.8. The van der Waals surface area contributed by atoms with Crippen molar-refractivity contribution in [3.05, 3.63) is 76.8 Å². The number of ether oxygens (including phenoxy) is 2. The Labute approximate surface area is 205 Å². The van der Waals surface area contributed by atoms with E-state index in [2.05, 4.69) is 23.4 Å². The molecule has 0 saturated carbocycles. The Morgan fingerprint density at radius 2 is 1.53 bits per heavy atom. The number of aromatic carboxylic acids is 1. The van der Waals surface area contributed by atoms with E-state index in [1.54, 1.807) is 36.4 Å². The molecule has 0 radical (unpaired) electrons. The van der Waals surface area contributed by atoms with Gasteiger partial charge in [0.2, 0.25) is 0 Å². The van der Waals surface area contributed by atoms with Crippen LogP contribution in [0.2, 0.25) is 5.02 Å². The van der Waals surface area contributed by atoms with Crippen LogP contribution in [0.15, 0.2) is 60.7 Å². The molecule has 0 bridgehead atoms. The topological polar surface area (TPSA) is 117 Å². The summed E-state index contributed by atoms with van der Waals surface area (Å²) < 4.78 is 11.5. The number of methoxy groups -OCH3 is 2. The maximum absolute atomic E-state index is 12.7. The predicted octanol–water partition coefficient (Wildman–Crippen LogP) is 5.19. The fourth-order valence-corrected chi connectivity index (χ4v) is 3.42. The second-order valence-electron chi connectivity index (χ2n) is 6.78. The highest BCUT2D eigenvalue weighted by Crippen LogP contribution is 2.36. The van der Waals surface area contributed by atoms with Gasteiger partial charge in [-0.15, -0.1) is 0 Å². The lowest BCUT2D eigenvalue weighted by Gasteiger charge is -2.19. The number of nitrogens with one attached hydrogen (secondary N) is 2. The van der Waals surface area contributed by atoms with E-state index in [0.717, 1.165) is 4.31 Å². The summed E-state index contributed by atoms with van der Waals surface area (Å²) >= 11 is 10.4. The summed E-state index contributed by atoms with van der Waals surface area (Å²) in [6.45, 7) is 0. The second kappa shape index (κ2) is 10.8. The minimum absolute atomic E-state index is 0.0291. The van der Waals surface area contributed by atoms with Crippen molar-refractivity contribution in [1.29, 1.82) is 0 Å². The third-order valence-corrected chi connectivity index (χ3v) is 5.39. The summed E-state index contributed by atoms with van der Waals surface area (Å²) in [4.78, 5) is 36.5. The molecule has 3 rings (SSSR count). The summed E-state index contributed by atoms with van der Waals surface area (Å²) in [6, 6.07) is 14.6. The first-order chi connectivity index (χ1) is 16.2. The van der Waals surface area contributed by atoms with Crippen LogP contribution in [0.4, 0.5) is 21.9 Å². The van der Waals surface area contributed by atoms with Gasteiger partial charge in [-0.2, -0.15) is 0 Å². The number of benzene rings is 3. The van der Waals surface area contributed by atoms with Crippen LogP contribution in [-0.2, 0) is 0 Å². The molecule has 34 heavy (non-hydrogen) atoms. The Morgan fingerprint density at radius 1 is 0.912 bits per heavy atom. The number of urea groups is 1. The van der Waals surface area contributed by atoms with Crippen molar-refractivity contribution in [2.24, 2.45) is 0 Å². The molecule has 11 heteroatoms. The minimum Gasteiger partial charge on any atom is -0.495 e. The van der Waals surface area contributed by atoms with Crippen LogP contribution in [0.3, 0.4) is 0 Å². The van der Waals surface area contributed by atoms with Gasteiger partial charge in [-0.05, 0) is 42.5 Å². The molecule has 0 aliphatic rings. The van der Waals surface area contributed by atoms with Crippen LogP contribution in [0.5, 0.6) is 11.5 Å². The van der Waals surface area contributed by atoms with Gasteiger partial charge >= 0.3 is 12.0 Å². The molecule has 3 aromatic rings. The van der Waals surface area contributed by atoms with Crippen LogP contribution in [0.1, 0.15) is 20.7 Å². The van der Waals surface area contributed by atoms with Gasteiger partial charge in [0.15, 0.2) is 0 Å². The zero-order chi connectivity index (χ0) is 24.8. The molecule has 3 amide bonds. The van der Waals surface area contributed by atoms with Crippen LogP contribution in [0.25, 0.3) is 0 Å². The van der Waals surface area contributed by atoms with E-state index >= 15 is 0 Å². The molecule has 0 aliphatic carbocycles. The van der Waals surface area contributed by atoms with Gasteiger partial charge in [0.25, 0.3) is 5.91 Å². The van der Waals surface area contributed by atoms with Crippen molar-refractivity contribution in [2.75, 3.05) is 29.2 Å². The highest BCUT2D eigenvalue weighted by Gasteiger charge is 2.18. The van der Waals surface area contributed by atoms with Crippen LogP contribution < -0.4 is 24.4 Å². The summed E-state index contributed by atoms with van der Waals surface area (Å²) in [5.41, 5.74) is 1.05. The van der Waals surface area contributed by atoms with Gasteiger partial charge < -0.3 is 25.2 Å². The number of carbonyl (C=O) groups excluding carboxylic acids is 2. The molecule has 3 N–H and O–H groups in total. The number of amides is 3. The second-order valence-corrected chi connectivity index (χ2v) is 7.59. The largest absolute Gasteiger partial charge is 0.495 e. The molecule has 0 saturated heterocycles. The highest BCUT2D eigenvalue weighted by atomic mass is 35.5. The molecule has 0 fully saturated rings. The SMILES string of the molecule is COc1cc(OC)c(NC(=O)N(S)c2ccc(NC(=O)c3ccccc3C(=O)O)cc2)cc1Cl.